The van der Waals surface area contributed by atoms with Gasteiger partial charge in [0.05, 0.1) is 26.6 Å². The SMILES string of the molecule is COC1=CC=C(C2CSc3cc(OC)ccc3C2c2ccc(CO)cc2)CC1. The highest BCUT2D eigenvalue weighted by molar-refractivity contribution is 7.99. The Morgan fingerprint density at radius 1 is 1.00 bits per heavy atom. The molecule has 0 radical (unpaired) electrons. The van der Waals surface area contributed by atoms with Gasteiger partial charge in [-0.2, -0.15) is 0 Å². The zero-order chi connectivity index (χ0) is 19.5. The monoisotopic (exact) mass is 394 g/mol. The fraction of sp³-hybridized carbons (Fsp3) is 0.333. The van der Waals surface area contributed by atoms with Gasteiger partial charge in [-0.25, -0.2) is 0 Å². The van der Waals surface area contributed by atoms with Crippen molar-refractivity contribution >= 4 is 11.8 Å². The highest BCUT2D eigenvalue weighted by Gasteiger charge is 2.34. The molecule has 1 aliphatic heterocycles. The lowest BCUT2D eigenvalue weighted by Crippen LogP contribution is -2.24. The van der Waals surface area contributed by atoms with Crippen LogP contribution in [0.1, 0.15) is 35.4 Å². The van der Waals surface area contributed by atoms with Gasteiger partial charge in [0.2, 0.25) is 0 Å². The van der Waals surface area contributed by atoms with Crippen LogP contribution in [-0.4, -0.2) is 25.1 Å². The van der Waals surface area contributed by atoms with Gasteiger partial charge in [-0.15, -0.1) is 11.8 Å². The predicted molar refractivity (Wildman–Crippen MR) is 114 cm³/mol. The molecule has 2 aromatic rings. The topological polar surface area (TPSA) is 38.7 Å². The van der Waals surface area contributed by atoms with Gasteiger partial charge < -0.3 is 14.6 Å². The first-order valence-corrected chi connectivity index (χ1v) is 10.7. The molecule has 0 fully saturated rings. The number of hydrogen-bond donors (Lipinski definition) is 1. The Kier molecular flexibility index (Phi) is 5.79. The Morgan fingerprint density at radius 2 is 1.82 bits per heavy atom. The van der Waals surface area contributed by atoms with Crippen LogP contribution in [0.4, 0.5) is 0 Å². The fourth-order valence-corrected chi connectivity index (χ4v) is 5.52. The van der Waals surface area contributed by atoms with Crippen LogP contribution in [0.5, 0.6) is 5.75 Å². The van der Waals surface area contributed by atoms with Crippen molar-refractivity contribution < 1.29 is 14.6 Å². The van der Waals surface area contributed by atoms with Crippen LogP contribution in [-0.2, 0) is 11.3 Å². The van der Waals surface area contributed by atoms with Crippen molar-refractivity contribution in [2.75, 3.05) is 20.0 Å². The summed E-state index contributed by atoms with van der Waals surface area (Å²) in [5.41, 5.74) is 5.11. The molecule has 2 aliphatic rings. The van der Waals surface area contributed by atoms with E-state index in [4.69, 9.17) is 9.47 Å². The summed E-state index contributed by atoms with van der Waals surface area (Å²) in [6.45, 7) is 0.0771. The zero-order valence-corrected chi connectivity index (χ0v) is 17.2. The number of fused-ring (bicyclic) bond motifs is 1. The van der Waals surface area contributed by atoms with E-state index in [1.54, 1.807) is 14.2 Å². The maximum absolute atomic E-state index is 9.41. The summed E-state index contributed by atoms with van der Waals surface area (Å²) >= 11 is 1.92. The number of ether oxygens (including phenoxy) is 2. The van der Waals surface area contributed by atoms with Gasteiger partial charge in [0, 0.05) is 28.9 Å². The van der Waals surface area contributed by atoms with Crippen molar-refractivity contribution in [3.8, 4) is 5.75 Å². The van der Waals surface area contributed by atoms with Gasteiger partial charge in [0.15, 0.2) is 0 Å². The molecule has 0 amide bonds. The number of aliphatic hydroxyl groups is 1. The highest BCUT2D eigenvalue weighted by Crippen LogP contribution is 2.49. The first-order chi connectivity index (χ1) is 13.7. The van der Waals surface area contributed by atoms with Crippen LogP contribution in [0.2, 0.25) is 0 Å². The summed E-state index contributed by atoms with van der Waals surface area (Å²) in [6, 6.07) is 14.9. The van der Waals surface area contributed by atoms with E-state index in [0.717, 1.165) is 35.7 Å². The maximum atomic E-state index is 9.41. The largest absolute Gasteiger partial charge is 0.501 e. The molecule has 1 aliphatic carbocycles. The number of aliphatic hydroxyl groups excluding tert-OH is 1. The minimum atomic E-state index is 0.0771. The van der Waals surface area contributed by atoms with Crippen molar-refractivity contribution in [2.24, 2.45) is 5.92 Å². The number of hydrogen-bond acceptors (Lipinski definition) is 4. The van der Waals surface area contributed by atoms with Crippen LogP contribution in [0.3, 0.4) is 0 Å². The molecule has 1 N–H and O–H groups in total. The summed E-state index contributed by atoms with van der Waals surface area (Å²) in [5, 5.41) is 9.41. The Labute approximate surface area is 171 Å². The molecule has 2 unspecified atom stereocenters. The Balaban J connectivity index is 1.76. The molecule has 2 aromatic carbocycles. The lowest BCUT2D eigenvalue weighted by atomic mass is 9.75. The van der Waals surface area contributed by atoms with Gasteiger partial charge >= 0.3 is 0 Å². The number of benzene rings is 2. The lowest BCUT2D eigenvalue weighted by Gasteiger charge is -2.36. The molecular weight excluding hydrogens is 368 g/mol. The summed E-state index contributed by atoms with van der Waals surface area (Å²) in [6.07, 6.45) is 6.40. The second-order valence-corrected chi connectivity index (χ2v) is 8.34. The van der Waals surface area contributed by atoms with E-state index in [-0.39, 0.29) is 6.61 Å². The standard InChI is InChI=1S/C24H26O3S/c1-26-19-9-7-17(8-10-19)22-15-28-23-13-20(27-2)11-12-21(23)24(22)18-5-3-16(14-25)4-6-18/h3-7,9,11-13,22,24-25H,8,10,14-15H2,1-2H3. The smallest absolute Gasteiger partial charge is 0.119 e. The van der Waals surface area contributed by atoms with Crippen LogP contribution in [0.15, 0.2) is 70.8 Å². The van der Waals surface area contributed by atoms with Crippen LogP contribution in [0.25, 0.3) is 0 Å². The average Bonchev–Trinajstić information content (AvgIpc) is 2.78. The molecule has 146 valence electrons. The highest BCUT2D eigenvalue weighted by atomic mass is 32.2. The number of thioether (sulfide) groups is 1. The first-order valence-electron chi connectivity index (χ1n) is 9.67. The van der Waals surface area contributed by atoms with Crippen molar-refractivity contribution in [1.29, 1.82) is 0 Å². The third-order valence-corrected chi connectivity index (χ3v) is 6.97. The molecule has 0 saturated heterocycles. The van der Waals surface area contributed by atoms with E-state index in [9.17, 15) is 5.11 Å². The maximum Gasteiger partial charge on any atom is 0.119 e. The number of methoxy groups -OCH3 is 2. The van der Waals surface area contributed by atoms with Crippen LogP contribution >= 0.6 is 11.8 Å². The summed E-state index contributed by atoms with van der Waals surface area (Å²) in [7, 11) is 3.46. The Hall–Kier alpha value is -2.17. The van der Waals surface area contributed by atoms with E-state index in [2.05, 4.69) is 42.5 Å². The van der Waals surface area contributed by atoms with E-state index in [1.807, 2.05) is 23.9 Å². The second kappa shape index (κ2) is 8.46. The van der Waals surface area contributed by atoms with Crippen molar-refractivity contribution in [3.05, 3.63) is 82.6 Å². The molecule has 0 aromatic heterocycles. The van der Waals surface area contributed by atoms with Crippen molar-refractivity contribution in [3.63, 3.8) is 0 Å². The molecule has 28 heavy (non-hydrogen) atoms. The number of rotatable bonds is 5. The van der Waals surface area contributed by atoms with Gasteiger partial charge in [0.1, 0.15) is 5.75 Å². The normalized spacial score (nSPS) is 21.4. The quantitative estimate of drug-likeness (QED) is 0.748. The minimum absolute atomic E-state index is 0.0771. The molecule has 1 heterocycles. The Morgan fingerprint density at radius 3 is 2.46 bits per heavy atom. The molecule has 4 rings (SSSR count). The zero-order valence-electron chi connectivity index (χ0n) is 16.4. The molecule has 0 bridgehead atoms. The third-order valence-electron chi connectivity index (χ3n) is 5.78. The molecular formula is C24H26O3S. The molecule has 4 heteroatoms. The minimum Gasteiger partial charge on any atom is -0.501 e. The van der Waals surface area contributed by atoms with Crippen LogP contribution in [0, 0.1) is 5.92 Å². The number of allylic oxidation sites excluding steroid dienone is 4. The van der Waals surface area contributed by atoms with E-state index < -0.39 is 0 Å². The molecule has 3 nitrogen and oxygen atoms in total. The average molecular weight is 395 g/mol. The summed E-state index contributed by atoms with van der Waals surface area (Å²) in [4.78, 5) is 1.30. The molecule has 0 saturated carbocycles. The summed E-state index contributed by atoms with van der Waals surface area (Å²) in [5.74, 6) is 3.76. The first kappa shape index (κ1) is 19.2. The second-order valence-electron chi connectivity index (χ2n) is 7.28. The van der Waals surface area contributed by atoms with Gasteiger partial charge in [-0.05, 0) is 41.3 Å². The molecule has 0 spiro atoms. The Bertz CT molecular complexity index is 899. The third kappa shape index (κ3) is 3.71. The van der Waals surface area contributed by atoms with E-state index in [0.29, 0.717) is 11.8 Å². The van der Waals surface area contributed by atoms with Gasteiger partial charge in [-0.1, -0.05) is 42.0 Å². The summed E-state index contributed by atoms with van der Waals surface area (Å²) < 4.78 is 10.9. The van der Waals surface area contributed by atoms with E-state index in [1.165, 1.54) is 21.6 Å². The van der Waals surface area contributed by atoms with Gasteiger partial charge in [0.25, 0.3) is 0 Å². The van der Waals surface area contributed by atoms with Crippen molar-refractivity contribution in [1.82, 2.24) is 0 Å². The fourth-order valence-electron chi connectivity index (χ4n) is 4.19. The van der Waals surface area contributed by atoms with Gasteiger partial charge in [-0.3, -0.25) is 0 Å². The predicted octanol–water partition coefficient (Wildman–Crippen LogP) is 5.29. The van der Waals surface area contributed by atoms with Crippen LogP contribution < -0.4 is 4.74 Å². The van der Waals surface area contributed by atoms with Crippen molar-refractivity contribution in [2.45, 2.75) is 30.3 Å². The molecule has 2 atom stereocenters. The lowest BCUT2D eigenvalue weighted by molar-refractivity contribution is 0.274. The van der Waals surface area contributed by atoms with E-state index >= 15 is 0 Å².